The Morgan fingerprint density at radius 2 is 2.00 bits per heavy atom. The van der Waals surface area contributed by atoms with Crippen LogP contribution in [0.4, 0.5) is 5.82 Å². The summed E-state index contributed by atoms with van der Waals surface area (Å²) in [5.74, 6) is 0.297. The molecule has 0 atom stereocenters. The largest absolute Gasteiger partial charge is 0.466 e. The molecule has 0 unspecified atom stereocenters. The van der Waals surface area contributed by atoms with Crippen molar-refractivity contribution in [2.24, 2.45) is 0 Å². The molecule has 122 valence electrons. The number of carbonyl (C=O) groups is 2. The molecule has 0 fully saturated rings. The van der Waals surface area contributed by atoms with Crippen molar-refractivity contribution in [2.45, 2.75) is 32.6 Å². The Balaban J connectivity index is 1.57. The van der Waals surface area contributed by atoms with Crippen molar-refractivity contribution >= 4 is 17.7 Å². The minimum absolute atomic E-state index is 0.0496. The molecule has 1 amide bonds. The van der Waals surface area contributed by atoms with E-state index in [2.05, 4.69) is 10.5 Å². The van der Waals surface area contributed by atoms with Gasteiger partial charge in [0.25, 0.3) is 0 Å². The summed E-state index contributed by atoms with van der Waals surface area (Å²) in [5, 5.41) is 6.20. The lowest BCUT2D eigenvalue weighted by atomic mass is 10.1. The van der Waals surface area contributed by atoms with Gasteiger partial charge in [0.2, 0.25) is 5.91 Å². The first-order chi connectivity index (χ1) is 11.1. The normalized spacial score (nSPS) is 10.3. The van der Waals surface area contributed by atoms with Gasteiger partial charge in [-0.3, -0.25) is 9.59 Å². The summed E-state index contributed by atoms with van der Waals surface area (Å²) in [7, 11) is 0. The lowest BCUT2D eigenvalue weighted by Gasteiger charge is -2.05. The minimum Gasteiger partial charge on any atom is -0.466 e. The van der Waals surface area contributed by atoms with Gasteiger partial charge in [-0.2, -0.15) is 0 Å². The number of benzene rings is 1. The number of carbonyl (C=O) groups excluding carboxylic acids is 2. The van der Waals surface area contributed by atoms with Crippen molar-refractivity contribution < 1.29 is 18.8 Å². The fraction of sp³-hybridized carbons (Fsp3) is 0.353. The number of hydrogen-bond acceptors (Lipinski definition) is 5. The third kappa shape index (κ3) is 6.34. The number of aromatic nitrogens is 1. The summed E-state index contributed by atoms with van der Waals surface area (Å²) in [6, 6.07) is 11.6. The molecule has 1 aromatic heterocycles. The van der Waals surface area contributed by atoms with Gasteiger partial charge in [0.1, 0.15) is 5.76 Å². The number of ether oxygens (including phenoxy) is 1. The topological polar surface area (TPSA) is 81.4 Å². The third-order valence-corrected chi connectivity index (χ3v) is 3.17. The summed E-state index contributed by atoms with van der Waals surface area (Å²) in [5.41, 5.74) is 1.21. The van der Waals surface area contributed by atoms with Crippen LogP contribution in [0.1, 0.15) is 30.6 Å². The summed E-state index contributed by atoms with van der Waals surface area (Å²) >= 11 is 0. The fourth-order valence-corrected chi connectivity index (χ4v) is 2.03. The highest BCUT2D eigenvalue weighted by Gasteiger charge is 2.10. The first-order valence-corrected chi connectivity index (χ1v) is 7.56. The van der Waals surface area contributed by atoms with Crippen LogP contribution in [0.5, 0.6) is 0 Å². The standard InChI is InChI=1S/C17H20N2O4/c1-13-12-15(19-23-13)18-16(20)9-10-17(21)22-11-5-8-14-6-3-2-4-7-14/h2-4,6-7,12H,5,8-11H2,1H3,(H,18,19,20). The highest BCUT2D eigenvalue weighted by atomic mass is 16.5. The zero-order chi connectivity index (χ0) is 16.5. The number of esters is 1. The molecule has 0 saturated heterocycles. The van der Waals surface area contributed by atoms with Gasteiger partial charge >= 0.3 is 5.97 Å². The number of hydrogen-bond donors (Lipinski definition) is 1. The van der Waals surface area contributed by atoms with Crippen LogP contribution in [0, 0.1) is 6.92 Å². The number of aryl methyl sites for hydroxylation is 2. The maximum Gasteiger partial charge on any atom is 0.306 e. The predicted octanol–water partition coefficient (Wildman–Crippen LogP) is 2.88. The Labute approximate surface area is 134 Å². The summed E-state index contributed by atoms with van der Waals surface area (Å²) in [6.45, 7) is 2.09. The second kappa shape index (κ2) is 8.73. The van der Waals surface area contributed by atoms with E-state index in [4.69, 9.17) is 9.26 Å². The van der Waals surface area contributed by atoms with Crippen LogP contribution in [0.2, 0.25) is 0 Å². The Bertz CT molecular complexity index is 637. The number of rotatable bonds is 8. The molecule has 0 saturated carbocycles. The second-order valence-electron chi connectivity index (χ2n) is 5.18. The van der Waals surface area contributed by atoms with Crippen molar-refractivity contribution in [3.63, 3.8) is 0 Å². The Hall–Kier alpha value is -2.63. The molecule has 1 heterocycles. The number of nitrogens with zero attached hydrogens (tertiary/aromatic N) is 1. The van der Waals surface area contributed by atoms with Crippen LogP contribution in [-0.4, -0.2) is 23.6 Å². The van der Waals surface area contributed by atoms with E-state index >= 15 is 0 Å². The first-order valence-electron chi connectivity index (χ1n) is 7.56. The molecule has 1 aromatic carbocycles. The average molecular weight is 316 g/mol. The van der Waals surface area contributed by atoms with Crippen molar-refractivity contribution in [1.29, 1.82) is 0 Å². The molecule has 2 rings (SSSR count). The molecule has 1 N–H and O–H groups in total. The summed E-state index contributed by atoms with van der Waals surface area (Å²) < 4.78 is 9.95. The second-order valence-corrected chi connectivity index (χ2v) is 5.18. The van der Waals surface area contributed by atoms with Gasteiger partial charge in [-0.25, -0.2) is 0 Å². The van der Waals surface area contributed by atoms with Crippen LogP contribution < -0.4 is 5.32 Å². The molecule has 0 aliphatic rings. The van der Waals surface area contributed by atoms with E-state index in [1.165, 1.54) is 5.56 Å². The molecule has 0 aliphatic carbocycles. The first kappa shape index (κ1) is 16.7. The van der Waals surface area contributed by atoms with Crippen molar-refractivity contribution in [2.75, 3.05) is 11.9 Å². The van der Waals surface area contributed by atoms with Gasteiger partial charge in [0.15, 0.2) is 5.82 Å². The van der Waals surface area contributed by atoms with E-state index in [1.807, 2.05) is 30.3 Å². The predicted molar refractivity (Wildman–Crippen MR) is 84.8 cm³/mol. The third-order valence-electron chi connectivity index (χ3n) is 3.17. The number of amides is 1. The molecule has 0 spiro atoms. The Kier molecular flexibility index (Phi) is 6.35. The monoisotopic (exact) mass is 316 g/mol. The van der Waals surface area contributed by atoms with Crippen LogP contribution in [-0.2, 0) is 20.7 Å². The van der Waals surface area contributed by atoms with Gasteiger partial charge in [-0.05, 0) is 25.3 Å². The maximum absolute atomic E-state index is 11.6. The van der Waals surface area contributed by atoms with Crippen LogP contribution >= 0.6 is 0 Å². The number of anilines is 1. The molecule has 2 aromatic rings. The van der Waals surface area contributed by atoms with Gasteiger partial charge < -0.3 is 14.6 Å². The number of nitrogens with one attached hydrogen (secondary N) is 1. The van der Waals surface area contributed by atoms with Crippen molar-refractivity contribution in [3.8, 4) is 0 Å². The van der Waals surface area contributed by atoms with Crippen LogP contribution in [0.15, 0.2) is 40.9 Å². The molecule has 23 heavy (non-hydrogen) atoms. The van der Waals surface area contributed by atoms with E-state index in [-0.39, 0.29) is 24.7 Å². The lowest BCUT2D eigenvalue weighted by Crippen LogP contribution is -2.15. The van der Waals surface area contributed by atoms with Crippen molar-refractivity contribution in [1.82, 2.24) is 5.16 Å². The molecule has 6 heteroatoms. The van der Waals surface area contributed by atoms with Gasteiger partial charge in [-0.1, -0.05) is 35.5 Å². The Morgan fingerprint density at radius 3 is 2.70 bits per heavy atom. The average Bonchev–Trinajstić information content (AvgIpc) is 2.95. The van der Waals surface area contributed by atoms with Crippen LogP contribution in [0.25, 0.3) is 0 Å². The summed E-state index contributed by atoms with van der Waals surface area (Å²) in [6.07, 6.45) is 1.73. The Morgan fingerprint density at radius 1 is 1.22 bits per heavy atom. The van der Waals surface area contributed by atoms with E-state index in [0.717, 1.165) is 12.8 Å². The highest BCUT2D eigenvalue weighted by Crippen LogP contribution is 2.08. The zero-order valence-electron chi connectivity index (χ0n) is 13.1. The van der Waals surface area contributed by atoms with E-state index in [1.54, 1.807) is 13.0 Å². The van der Waals surface area contributed by atoms with Crippen molar-refractivity contribution in [3.05, 3.63) is 47.7 Å². The van der Waals surface area contributed by atoms with Gasteiger partial charge in [-0.15, -0.1) is 0 Å². The quantitative estimate of drug-likeness (QED) is 0.598. The SMILES string of the molecule is Cc1cc(NC(=O)CCC(=O)OCCCc2ccccc2)no1. The maximum atomic E-state index is 11.6. The summed E-state index contributed by atoms with van der Waals surface area (Å²) in [4.78, 5) is 23.2. The van der Waals surface area contributed by atoms with Gasteiger partial charge in [0, 0.05) is 12.5 Å². The molecule has 6 nitrogen and oxygen atoms in total. The molecule has 0 radical (unpaired) electrons. The zero-order valence-corrected chi connectivity index (χ0v) is 13.1. The van der Waals surface area contributed by atoms with E-state index in [0.29, 0.717) is 18.2 Å². The lowest BCUT2D eigenvalue weighted by molar-refractivity contribution is -0.144. The highest BCUT2D eigenvalue weighted by molar-refractivity contribution is 5.91. The molecular weight excluding hydrogens is 296 g/mol. The molecule has 0 bridgehead atoms. The smallest absolute Gasteiger partial charge is 0.306 e. The molecular formula is C17H20N2O4. The van der Waals surface area contributed by atoms with Crippen LogP contribution in [0.3, 0.4) is 0 Å². The van der Waals surface area contributed by atoms with E-state index < -0.39 is 0 Å². The minimum atomic E-state index is -0.371. The molecule has 0 aliphatic heterocycles. The van der Waals surface area contributed by atoms with E-state index in [9.17, 15) is 9.59 Å². The van der Waals surface area contributed by atoms with Gasteiger partial charge in [0.05, 0.1) is 13.0 Å². The fourth-order valence-electron chi connectivity index (χ4n) is 2.03.